The number of hydrogen-bond acceptors (Lipinski definition) is 5. The van der Waals surface area contributed by atoms with E-state index in [1.807, 2.05) is 0 Å². The zero-order valence-electron chi connectivity index (χ0n) is 22.1. The van der Waals surface area contributed by atoms with Crippen LogP contribution in [0.5, 0.6) is 0 Å². The fourth-order valence-corrected chi connectivity index (χ4v) is 4.15. The molecule has 0 aromatic heterocycles. The van der Waals surface area contributed by atoms with Gasteiger partial charge < -0.3 is 29.6 Å². The first-order valence-electron chi connectivity index (χ1n) is 13.2. The molecule has 0 spiro atoms. The van der Waals surface area contributed by atoms with Crippen molar-refractivity contribution in [2.75, 3.05) is 33.8 Å². The number of likely N-dealkylation sites (N-methyl/N-ethyl adjacent to an activating group) is 1. The SMILES string of the molecule is CCCCCCCCCCCCCCCCCC(=O)NC(C)C[N+](C)(C)CCO.[O-]P(O)O. The molecule has 1 amide bonds. The van der Waals surface area contributed by atoms with Crippen LogP contribution in [0, 0.1) is 0 Å². The van der Waals surface area contributed by atoms with Crippen LogP contribution < -0.4 is 10.2 Å². The van der Waals surface area contributed by atoms with Crippen molar-refractivity contribution in [3.63, 3.8) is 0 Å². The van der Waals surface area contributed by atoms with Crippen LogP contribution in [-0.4, -0.2) is 65.1 Å². The maximum Gasteiger partial charge on any atom is 0.220 e. The third-order valence-corrected chi connectivity index (χ3v) is 5.89. The summed E-state index contributed by atoms with van der Waals surface area (Å²) in [6.07, 6.45) is 20.9. The van der Waals surface area contributed by atoms with Gasteiger partial charge >= 0.3 is 0 Å². The summed E-state index contributed by atoms with van der Waals surface area (Å²) in [6, 6.07) is 0.153. The van der Waals surface area contributed by atoms with Gasteiger partial charge in [0.25, 0.3) is 0 Å². The van der Waals surface area contributed by atoms with E-state index in [2.05, 4.69) is 33.3 Å². The molecule has 1 unspecified atom stereocenters. The van der Waals surface area contributed by atoms with Crippen molar-refractivity contribution in [3.05, 3.63) is 0 Å². The zero-order valence-corrected chi connectivity index (χ0v) is 23.0. The van der Waals surface area contributed by atoms with Crippen molar-refractivity contribution < 1.29 is 29.1 Å². The minimum atomic E-state index is -2.87. The Morgan fingerprint density at radius 1 is 0.848 bits per heavy atom. The van der Waals surface area contributed by atoms with E-state index >= 15 is 0 Å². The van der Waals surface area contributed by atoms with Crippen molar-refractivity contribution >= 4 is 14.5 Å². The van der Waals surface area contributed by atoms with Crippen LogP contribution in [0.1, 0.15) is 117 Å². The second-order valence-corrected chi connectivity index (χ2v) is 10.5. The molecule has 1 atom stereocenters. The standard InChI is InChI=1S/C25H52N2O2.H2O3P/c1-5-6-7-8-9-10-11-12-13-14-15-16-17-18-19-20-25(29)26-24(2)23-27(3,4)21-22-28;1-4(2)3/h24,28H,5-23H2,1-4H3;1-2H/q;-1/p+1. The lowest BCUT2D eigenvalue weighted by molar-refractivity contribution is -0.891. The van der Waals surface area contributed by atoms with Crippen LogP contribution in [0.3, 0.4) is 0 Å². The summed E-state index contributed by atoms with van der Waals surface area (Å²) >= 11 is 0. The minimum absolute atomic E-state index is 0.153. The van der Waals surface area contributed by atoms with E-state index in [9.17, 15) is 4.79 Å². The summed E-state index contributed by atoms with van der Waals surface area (Å²) in [5, 5.41) is 12.2. The Bertz CT molecular complexity index is 423. The number of nitrogens with one attached hydrogen (secondary N) is 1. The molecule has 0 rings (SSSR count). The van der Waals surface area contributed by atoms with Gasteiger partial charge in [-0.2, -0.15) is 0 Å². The number of amides is 1. The average Bonchev–Trinajstić information content (AvgIpc) is 2.69. The molecule has 0 aromatic rings. The van der Waals surface area contributed by atoms with E-state index < -0.39 is 8.60 Å². The molecule has 0 saturated heterocycles. The Morgan fingerprint density at radius 2 is 1.21 bits per heavy atom. The van der Waals surface area contributed by atoms with Gasteiger partial charge in [0.15, 0.2) is 0 Å². The number of nitrogens with zero attached hydrogens (tertiary/aromatic N) is 1. The zero-order chi connectivity index (χ0) is 25.4. The van der Waals surface area contributed by atoms with E-state index in [0.717, 1.165) is 24.0 Å². The number of hydrogen-bond donors (Lipinski definition) is 4. The molecular formula is C25H55N2O5P. The highest BCUT2D eigenvalue weighted by Gasteiger charge is 2.19. The Hall–Kier alpha value is -0.300. The van der Waals surface area contributed by atoms with Crippen molar-refractivity contribution in [3.8, 4) is 0 Å². The second-order valence-electron chi connectivity index (χ2n) is 9.99. The molecule has 0 bridgehead atoms. The summed E-state index contributed by atoms with van der Waals surface area (Å²) in [4.78, 5) is 35.0. The predicted molar refractivity (Wildman–Crippen MR) is 137 cm³/mol. The second kappa shape index (κ2) is 24.8. The van der Waals surface area contributed by atoms with Crippen LogP contribution >= 0.6 is 8.60 Å². The number of unbranched alkanes of at least 4 members (excludes halogenated alkanes) is 14. The van der Waals surface area contributed by atoms with Gasteiger partial charge in [0, 0.05) is 6.42 Å². The molecule has 0 fully saturated rings. The van der Waals surface area contributed by atoms with Crippen LogP contribution in [-0.2, 0) is 4.79 Å². The number of carbonyl (C=O) groups is 1. The van der Waals surface area contributed by atoms with Gasteiger partial charge in [-0.3, -0.25) is 4.79 Å². The molecule has 200 valence electrons. The molecule has 0 saturated carbocycles. The molecule has 0 heterocycles. The quantitative estimate of drug-likeness (QED) is 0.107. The van der Waals surface area contributed by atoms with E-state index in [0.29, 0.717) is 6.42 Å². The fraction of sp³-hybridized carbons (Fsp3) is 0.960. The molecule has 0 aliphatic rings. The van der Waals surface area contributed by atoms with Gasteiger partial charge in [0.2, 0.25) is 5.91 Å². The van der Waals surface area contributed by atoms with Crippen LogP contribution in [0.2, 0.25) is 0 Å². The summed E-state index contributed by atoms with van der Waals surface area (Å²) in [6.45, 7) is 6.10. The average molecular weight is 495 g/mol. The number of aliphatic hydroxyl groups is 1. The topological polar surface area (TPSA) is 113 Å². The molecule has 0 aromatic carbocycles. The highest BCUT2D eigenvalue weighted by Crippen LogP contribution is 2.13. The molecule has 8 heteroatoms. The van der Waals surface area contributed by atoms with Gasteiger partial charge in [-0.25, -0.2) is 0 Å². The highest BCUT2D eigenvalue weighted by molar-refractivity contribution is 7.36. The minimum Gasteiger partial charge on any atom is -0.786 e. The lowest BCUT2D eigenvalue weighted by Crippen LogP contribution is -2.51. The number of aliphatic hydroxyl groups excluding tert-OH is 1. The molecule has 0 aliphatic carbocycles. The summed E-state index contributed by atoms with van der Waals surface area (Å²) in [5.74, 6) is 0.177. The van der Waals surface area contributed by atoms with Crippen molar-refractivity contribution in [2.24, 2.45) is 0 Å². The highest BCUT2D eigenvalue weighted by atomic mass is 31.2. The van der Waals surface area contributed by atoms with Gasteiger partial charge in [-0.15, -0.1) is 0 Å². The smallest absolute Gasteiger partial charge is 0.220 e. The van der Waals surface area contributed by atoms with Crippen LogP contribution in [0.25, 0.3) is 0 Å². The van der Waals surface area contributed by atoms with E-state index in [1.165, 1.54) is 89.9 Å². The predicted octanol–water partition coefficient (Wildman–Crippen LogP) is 4.38. The van der Waals surface area contributed by atoms with Gasteiger partial charge in [0.05, 0.1) is 41.9 Å². The summed E-state index contributed by atoms with van der Waals surface area (Å²) in [5.41, 5.74) is 0. The van der Waals surface area contributed by atoms with Crippen molar-refractivity contribution in [2.45, 2.75) is 123 Å². The van der Waals surface area contributed by atoms with Crippen LogP contribution in [0.15, 0.2) is 0 Å². The fourth-order valence-electron chi connectivity index (χ4n) is 4.15. The molecule has 33 heavy (non-hydrogen) atoms. The van der Waals surface area contributed by atoms with Crippen molar-refractivity contribution in [1.29, 1.82) is 0 Å². The summed E-state index contributed by atoms with van der Waals surface area (Å²) in [7, 11) is 1.31. The van der Waals surface area contributed by atoms with Gasteiger partial charge in [-0.1, -0.05) is 96.8 Å². The molecule has 7 nitrogen and oxygen atoms in total. The normalized spacial score (nSPS) is 12.4. The number of quaternary nitrogens is 1. The Morgan fingerprint density at radius 3 is 1.58 bits per heavy atom. The maximum atomic E-state index is 12.1. The van der Waals surface area contributed by atoms with E-state index in [1.54, 1.807) is 0 Å². The lowest BCUT2D eigenvalue weighted by Gasteiger charge is -2.32. The number of carbonyl (C=O) groups excluding carboxylic acids is 1. The largest absolute Gasteiger partial charge is 0.786 e. The molecule has 0 radical (unpaired) electrons. The third kappa shape index (κ3) is 31.7. The summed E-state index contributed by atoms with van der Waals surface area (Å²) < 4.78 is 0.733. The third-order valence-electron chi connectivity index (χ3n) is 5.89. The Kier molecular flexibility index (Phi) is 26.2. The first kappa shape index (κ1) is 34.9. The molecular weight excluding hydrogens is 439 g/mol. The Labute approximate surface area is 205 Å². The van der Waals surface area contributed by atoms with Gasteiger partial charge in [0.1, 0.15) is 6.54 Å². The first-order chi connectivity index (χ1) is 15.6. The first-order valence-corrected chi connectivity index (χ1v) is 14.4. The van der Waals surface area contributed by atoms with E-state index in [4.69, 9.17) is 19.8 Å². The number of rotatable bonds is 21. The maximum absolute atomic E-state index is 12.1. The van der Waals surface area contributed by atoms with Crippen molar-refractivity contribution in [1.82, 2.24) is 5.32 Å². The lowest BCUT2D eigenvalue weighted by atomic mass is 10.0. The van der Waals surface area contributed by atoms with Crippen LogP contribution in [0.4, 0.5) is 0 Å². The molecule has 0 aliphatic heterocycles. The van der Waals surface area contributed by atoms with Gasteiger partial charge in [-0.05, 0) is 13.3 Å². The van der Waals surface area contributed by atoms with E-state index in [-0.39, 0.29) is 18.6 Å². The molecule has 4 N–H and O–H groups in total. The Balaban J connectivity index is 0. The monoisotopic (exact) mass is 494 g/mol.